The van der Waals surface area contributed by atoms with E-state index in [1.54, 1.807) is 7.11 Å². The van der Waals surface area contributed by atoms with Crippen molar-refractivity contribution in [3.05, 3.63) is 0 Å². The summed E-state index contributed by atoms with van der Waals surface area (Å²) in [5, 5.41) is 0. The maximum absolute atomic E-state index is 6.28. The van der Waals surface area contributed by atoms with Gasteiger partial charge in [0.1, 0.15) is 0 Å². The Labute approximate surface area is 126 Å². The van der Waals surface area contributed by atoms with Crippen molar-refractivity contribution >= 4 is 0 Å². The molecule has 1 aliphatic rings. The molecule has 0 radical (unpaired) electrons. The average molecular weight is 284 g/mol. The topological polar surface area (TPSA) is 38.5 Å². The van der Waals surface area contributed by atoms with Crippen LogP contribution in [0.3, 0.4) is 0 Å². The van der Waals surface area contributed by atoms with Gasteiger partial charge in [-0.2, -0.15) is 0 Å². The van der Waals surface area contributed by atoms with Crippen LogP contribution < -0.4 is 5.73 Å². The molecule has 1 aliphatic carbocycles. The maximum atomic E-state index is 6.28. The zero-order chi connectivity index (χ0) is 15.2. The molecule has 0 amide bonds. The van der Waals surface area contributed by atoms with Gasteiger partial charge in [0, 0.05) is 31.8 Å². The lowest BCUT2D eigenvalue weighted by Gasteiger charge is -2.52. The Bertz CT molecular complexity index is 268. The van der Waals surface area contributed by atoms with Gasteiger partial charge >= 0.3 is 0 Å². The van der Waals surface area contributed by atoms with Crippen molar-refractivity contribution in [2.45, 2.75) is 71.4 Å². The Morgan fingerprint density at radius 2 is 1.90 bits per heavy atom. The van der Waals surface area contributed by atoms with Crippen molar-refractivity contribution in [2.24, 2.45) is 17.6 Å². The number of hydrogen-bond acceptors (Lipinski definition) is 3. The van der Waals surface area contributed by atoms with Crippen LogP contribution >= 0.6 is 0 Å². The lowest BCUT2D eigenvalue weighted by atomic mass is 9.69. The molecular weight excluding hydrogens is 248 g/mol. The number of methoxy groups -OCH3 is 1. The van der Waals surface area contributed by atoms with E-state index in [-0.39, 0.29) is 5.54 Å². The highest BCUT2D eigenvalue weighted by Gasteiger charge is 2.42. The van der Waals surface area contributed by atoms with Gasteiger partial charge in [-0.05, 0) is 43.9 Å². The first-order chi connectivity index (χ1) is 9.54. The summed E-state index contributed by atoms with van der Waals surface area (Å²) in [6.45, 7) is 12.0. The molecule has 0 saturated heterocycles. The van der Waals surface area contributed by atoms with Crippen LogP contribution in [0.4, 0.5) is 0 Å². The third kappa shape index (κ3) is 3.96. The first kappa shape index (κ1) is 17.9. The molecule has 1 rings (SSSR count). The van der Waals surface area contributed by atoms with Gasteiger partial charge in [-0.15, -0.1) is 0 Å². The fourth-order valence-corrected chi connectivity index (χ4v) is 3.97. The summed E-state index contributed by atoms with van der Waals surface area (Å²) in [7, 11) is 1.80. The summed E-state index contributed by atoms with van der Waals surface area (Å²) in [5.74, 6) is 1.60. The van der Waals surface area contributed by atoms with Crippen molar-refractivity contribution in [2.75, 3.05) is 26.8 Å². The van der Waals surface area contributed by atoms with E-state index in [4.69, 9.17) is 10.5 Å². The van der Waals surface area contributed by atoms with E-state index in [1.165, 1.54) is 32.1 Å². The summed E-state index contributed by atoms with van der Waals surface area (Å²) >= 11 is 0. The number of nitrogens with zero attached hydrogens (tertiary/aromatic N) is 1. The van der Waals surface area contributed by atoms with Gasteiger partial charge in [-0.1, -0.05) is 27.7 Å². The van der Waals surface area contributed by atoms with E-state index >= 15 is 0 Å². The van der Waals surface area contributed by atoms with Gasteiger partial charge in [0.15, 0.2) is 0 Å². The maximum Gasteiger partial charge on any atom is 0.0590 e. The van der Waals surface area contributed by atoms with Gasteiger partial charge in [0.25, 0.3) is 0 Å². The van der Waals surface area contributed by atoms with Crippen LogP contribution in [0.15, 0.2) is 0 Å². The Hall–Kier alpha value is -0.120. The Kier molecular flexibility index (Phi) is 7.49. The summed E-state index contributed by atoms with van der Waals surface area (Å²) in [5.41, 5.74) is 6.48. The van der Waals surface area contributed by atoms with Crippen LogP contribution in [0.1, 0.15) is 59.8 Å². The molecular formula is C17H36N2O. The van der Waals surface area contributed by atoms with E-state index in [1.807, 2.05) is 0 Å². The predicted molar refractivity (Wildman–Crippen MR) is 86.9 cm³/mol. The van der Waals surface area contributed by atoms with Gasteiger partial charge in [0.05, 0.1) is 6.61 Å². The number of ether oxygens (including phenoxy) is 1. The largest absolute Gasteiger partial charge is 0.383 e. The smallest absolute Gasteiger partial charge is 0.0590 e. The normalized spacial score (nSPS) is 31.2. The third-order valence-electron chi connectivity index (χ3n) is 5.65. The zero-order valence-corrected chi connectivity index (χ0v) is 14.3. The first-order valence-corrected chi connectivity index (χ1v) is 8.50. The number of rotatable bonds is 8. The molecule has 0 aliphatic heterocycles. The van der Waals surface area contributed by atoms with Gasteiger partial charge in [-0.25, -0.2) is 0 Å². The second kappa shape index (κ2) is 8.35. The van der Waals surface area contributed by atoms with Crippen LogP contribution in [0.2, 0.25) is 0 Å². The number of nitrogens with two attached hydrogens (primary N) is 1. The second-order valence-electron chi connectivity index (χ2n) is 6.78. The molecule has 20 heavy (non-hydrogen) atoms. The molecule has 3 nitrogen and oxygen atoms in total. The molecule has 1 fully saturated rings. The molecule has 0 heterocycles. The molecule has 3 atom stereocenters. The van der Waals surface area contributed by atoms with Crippen LogP contribution in [-0.4, -0.2) is 43.3 Å². The van der Waals surface area contributed by atoms with Crippen LogP contribution in [0.25, 0.3) is 0 Å². The molecule has 3 heteroatoms. The number of hydrogen-bond donors (Lipinski definition) is 1. The minimum atomic E-state index is 0.196. The molecule has 0 aromatic carbocycles. The molecule has 1 saturated carbocycles. The Balaban J connectivity index is 2.93. The van der Waals surface area contributed by atoms with E-state index in [0.29, 0.717) is 6.04 Å². The van der Waals surface area contributed by atoms with Gasteiger partial charge in [-0.3, -0.25) is 4.90 Å². The molecule has 0 spiro atoms. The first-order valence-electron chi connectivity index (χ1n) is 8.50. The van der Waals surface area contributed by atoms with Crippen molar-refractivity contribution < 1.29 is 4.74 Å². The van der Waals surface area contributed by atoms with E-state index in [9.17, 15) is 0 Å². The van der Waals surface area contributed by atoms with Crippen LogP contribution in [0, 0.1) is 11.8 Å². The van der Waals surface area contributed by atoms with Crippen molar-refractivity contribution in [3.8, 4) is 0 Å². The molecule has 3 unspecified atom stereocenters. The van der Waals surface area contributed by atoms with Gasteiger partial charge < -0.3 is 10.5 Å². The Morgan fingerprint density at radius 1 is 1.25 bits per heavy atom. The van der Waals surface area contributed by atoms with E-state index in [0.717, 1.165) is 31.5 Å². The van der Waals surface area contributed by atoms with Crippen molar-refractivity contribution in [3.63, 3.8) is 0 Å². The molecule has 0 bridgehead atoms. The fraction of sp³-hybridized carbons (Fsp3) is 1.00. The fourth-order valence-electron chi connectivity index (χ4n) is 3.97. The highest BCUT2D eigenvalue weighted by atomic mass is 16.5. The monoisotopic (exact) mass is 284 g/mol. The zero-order valence-electron chi connectivity index (χ0n) is 14.3. The summed E-state index contributed by atoms with van der Waals surface area (Å²) in [6, 6.07) is 0.634. The minimum Gasteiger partial charge on any atom is -0.383 e. The standard InChI is InChI=1S/C17H36N2O/c1-6-16(7-2)19(10-11-20-5)17(13-18)9-8-14(3)15(4)12-17/h14-16H,6-13,18H2,1-5H3. The average Bonchev–Trinajstić information content (AvgIpc) is 2.47. The van der Waals surface area contributed by atoms with Gasteiger partial charge in [0.2, 0.25) is 0 Å². The quantitative estimate of drug-likeness (QED) is 0.743. The lowest BCUT2D eigenvalue weighted by molar-refractivity contribution is -0.0251. The SMILES string of the molecule is CCC(CC)N(CCOC)C1(CN)CCC(C)C(C)C1. The van der Waals surface area contributed by atoms with Crippen LogP contribution in [-0.2, 0) is 4.74 Å². The molecule has 0 aromatic heterocycles. The molecule has 120 valence electrons. The van der Waals surface area contributed by atoms with Crippen LogP contribution in [0.5, 0.6) is 0 Å². The minimum absolute atomic E-state index is 0.196. The van der Waals surface area contributed by atoms with E-state index in [2.05, 4.69) is 32.6 Å². The molecule has 0 aromatic rings. The van der Waals surface area contributed by atoms with Crippen molar-refractivity contribution in [1.29, 1.82) is 0 Å². The summed E-state index contributed by atoms with van der Waals surface area (Å²) in [6.07, 6.45) is 6.19. The highest BCUT2D eigenvalue weighted by molar-refractivity contribution is 4.99. The lowest BCUT2D eigenvalue weighted by Crippen LogP contribution is -2.61. The summed E-state index contributed by atoms with van der Waals surface area (Å²) in [4.78, 5) is 2.69. The predicted octanol–water partition coefficient (Wildman–Crippen LogP) is 3.28. The second-order valence-corrected chi connectivity index (χ2v) is 6.78. The summed E-state index contributed by atoms with van der Waals surface area (Å²) < 4.78 is 5.36. The van der Waals surface area contributed by atoms with Crippen molar-refractivity contribution in [1.82, 2.24) is 4.90 Å². The third-order valence-corrected chi connectivity index (χ3v) is 5.65. The van der Waals surface area contributed by atoms with E-state index < -0.39 is 0 Å². The Morgan fingerprint density at radius 3 is 2.35 bits per heavy atom. The molecule has 2 N–H and O–H groups in total. The highest BCUT2D eigenvalue weighted by Crippen LogP contribution is 2.40.